The van der Waals surface area contributed by atoms with Gasteiger partial charge in [-0.05, 0) is 36.6 Å². The molecule has 0 aliphatic heterocycles. The van der Waals surface area contributed by atoms with Crippen LogP contribution in [-0.2, 0) is 6.42 Å². The van der Waals surface area contributed by atoms with Crippen LogP contribution in [0.4, 0.5) is 10.2 Å². The van der Waals surface area contributed by atoms with Crippen LogP contribution in [0.15, 0.2) is 43.0 Å². The van der Waals surface area contributed by atoms with E-state index in [1.165, 1.54) is 31.4 Å². The maximum absolute atomic E-state index is 14.7. The topological polar surface area (TPSA) is 110 Å². The lowest BCUT2D eigenvalue weighted by molar-refractivity contribution is 0.103. The van der Waals surface area contributed by atoms with Crippen LogP contribution in [0.2, 0.25) is 0 Å². The number of nitrogens with zero attached hydrogens (tertiary/aromatic N) is 4. The highest BCUT2D eigenvalue weighted by molar-refractivity contribution is 6.17. The fourth-order valence-corrected chi connectivity index (χ4v) is 3.42. The molecular formula is C21H17FN6O. The Hall–Kier alpha value is -3.68. The van der Waals surface area contributed by atoms with Crippen molar-refractivity contribution < 1.29 is 9.18 Å². The first kappa shape index (κ1) is 17.4. The Balaban J connectivity index is 1.40. The fraction of sp³-hybridized carbons (Fsp3) is 0.190. The van der Waals surface area contributed by atoms with Crippen molar-refractivity contribution in [2.24, 2.45) is 0 Å². The van der Waals surface area contributed by atoms with Crippen molar-refractivity contribution in [3.05, 3.63) is 77.0 Å². The Morgan fingerprint density at radius 2 is 2.00 bits per heavy atom. The molecule has 0 aromatic carbocycles. The molecule has 5 rings (SSSR count). The monoisotopic (exact) mass is 388 g/mol. The summed E-state index contributed by atoms with van der Waals surface area (Å²) < 4.78 is 14.7. The van der Waals surface area contributed by atoms with Gasteiger partial charge in [0.2, 0.25) is 5.95 Å². The average Bonchev–Trinajstić information content (AvgIpc) is 3.47. The number of nitrogens with two attached hydrogens (primary N) is 1. The molecule has 8 heteroatoms. The second kappa shape index (κ2) is 6.73. The maximum atomic E-state index is 14.7. The van der Waals surface area contributed by atoms with Gasteiger partial charge in [0.1, 0.15) is 17.8 Å². The molecule has 0 amide bonds. The van der Waals surface area contributed by atoms with E-state index in [1.807, 2.05) is 12.1 Å². The molecule has 1 fully saturated rings. The molecule has 7 nitrogen and oxygen atoms in total. The number of nitrogen functional groups attached to an aromatic ring is 1. The maximum Gasteiger partial charge on any atom is 0.224 e. The molecule has 1 aliphatic rings. The standard InChI is InChI=1S/C21H17FN6O/c22-19-14(18(29)15-9-25-21-17(15)20(23)26-10-27-21)5-4-13(28-19)7-11-1-6-16(24-8-11)12-2-3-12/h1,4-6,8-10,12H,2-3,7H2,(H3,23,25,26,27). The van der Waals surface area contributed by atoms with Crippen LogP contribution in [0, 0.1) is 5.95 Å². The van der Waals surface area contributed by atoms with Crippen LogP contribution >= 0.6 is 0 Å². The summed E-state index contributed by atoms with van der Waals surface area (Å²) in [6.07, 6.45) is 7.40. The molecule has 0 unspecified atom stereocenters. The average molecular weight is 388 g/mol. The van der Waals surface area contributed by atoms with E-state index in [0.29, 0.717) is 29.1 Å². The summed E-state index contributed by atoms with van der Waals surface area (Å²) in [6, 6.07) is 7.11. The first-order valence-corrected chi connectivity index (χ1v) is 9.32. The van der Waals surface area contributed by atoms with E-state index >= 15 is 0 Å². The predicted molar refractivity (Wildman–Crippen MR) is 105 cm³/mol. The van der Waals surface area contributed by atoms with Gasteiger partial charge >= 0.3 is 0 Å². The van der Waals surface area contributed by atoms with Crippen LogP contribution in [0.5, 0.6) is 0 Å². The van der Waals surface area contributed by atoms with E-state index in [0.717, 1.165) is 11.3 Å². The Bertz CT molecular complexity index is 1230. The third kappa shape index (κ3) is 3.22. The Morgan fingerprint density at radius 1 is 1.14 bits per heavy atom. The summed E-state index contributed by atoms with van der Waals surface area (Å²) in [5.41, 5.74) is 8.96. The number of hydrogen-bond acceptors (Lipinski definition) is 6. The number of halogens is 1. The highest BCUT2D eigenvalue weighted by Crippen LogP contribution is 2.38. The first-order valence-electron chi connectivity index (χ1n) is 9.32. The van der Waals surface area contributed by atoms with Gasteiger partial charge in [-0.3, -0.25) is 9.78 Å². The predicted octanol–water partition coefficient (Wildman–Crippen LogP) is 3.17. The second-order valence-corrected chi connectivity index (χ2v) is 7.20. The van der Waals surface area contributed by atoms with Crippen molar-refractivity contribution in [2.45, 2.75) is 25.2 Å². The number of rotatable bonds is 5. The number of carbonyl (C=O) groups excluding carboxylic acids is 1. The summed E-state index contributed by atoms with van der Waals surface area (Å²) >= 11 is 0. The summed E-state index contributed by atoms with van der Waals surface area (Å²) in [5.74, 6) is -0.592. The molecule has 1 aliphatic carbocycles. The minimum absolute atomic E-state index is 0.125. The molecule has 3 N–H and O–H groups in total. The van der Waals surface area contributed by atoms with E-state index in [4.69, 9.17) is 5.73 Å². The van der Waals surface area contributed by atoms with Gasteiger partial charge in [0.15, 0.2) is 5.78 Å². The molecule has 0 spiro atoms. The van der Waals surface area contributed by atoms with Gasteiger partial charge in [-0.15, -0.1) is 0 Å². The van der Waals surface area contributed by atoms with Crippen molar-refractivity contribution in [1.29, 1.82) is 0 Å². The number of hydrogen-bond donors (Lipinski definition) is 2. The van der Waals surface area contributed by atoms with E-state index in [9.17, 15) is 9.18 Å². The van der Waals surface area contributed by atoms with Gasteiger partial charge in [-0.25, -0.2) is 15.0 Å². The minimum Gasteiger partial charge on any atom is -0.383 e. The molecule has 0 bridgehead atoms. The summed E-state index contributed by atoms with van der Waals surface area (Å²) in [7, 11) is 0. The lowest BCUT2D eigenvalue weighted by Gasteiger charge is -2.06. The largest absolute Gasteiger partial charge is 0.383 e. The molecule has 1 saturated carbocycles. The van der Waals surface area contributed by atoms with Crippen molar-refractivity contribution in [2.75, 3.05) is 5.73 Å². The van der Waals surface area contributed by atoms with Gasteiger partial charge in [0.25, 0.3) is 0 Å². The van der Waals surface area contributed by atoms with Crippen molar-refractivity contribution >= 4 is 22.6 Å². The highest BCUT2D eigenvalue weighted by Gasteiger charge is 2.24. The number of H-pyrrole nitrogens is 1. The zero-order valence-corrected chi connectivity index (χ0v) is 15.4. The number of pyridine rings is 2. The number of carbonyl (C=O) groups is 1. The minimum atomic E-state index is -0.820. The summed E-state index contributed by atoms with van der Waals surface area (Å²) in [4.78, 5) is 32.1. The molecule has 4 aromatic heterocycles. The van der Waals surface area contributed by atoms with Crippen molar-refractivity contribution in [3.8, 4) is 0 Å². The summed E-state index contributed by atoms with van der Waals surface area (Å²) in [6.45, 7) is 0. The number of anilines is 1. The third-order valence-electron chi connectivity index (χ3n) is 5.12. The Kier molecular flexibility index (Phi) is 4.04. The molecular weight excluding hydrogens is 371 g/mol. The third-order valence-corrected chi connectivity index (χ3v) is 5.12. The Labute approximate surface area is 165 Å². The summed E-state index contributed by atoms with van der Waals surface area (Å²) in [5, 5.41) is 0.378. The van der Waals surface area contributed by atoms with Crippen LogP contribution < -0.4 is 5.73 Å². The SMILES string of the molecule is Nc1ncnc2[nH]cc(C(=O)c3ccc(Cc4ccc(C5CC5)nc4)nc3F)c12. The van der Waals surface area contributed by atoms with Crippen molar-refractivity contribution in [3.63, 3.8) is 0 Å². The van der Waals surface area contributed by atoms with Gasteiger partial charge in [-0.1, -0.05) is 6.07 Å². The lowest BCUT2D eigenvalue weighted by Crippen LogP contribution is -2.08. The lowest BCUT2D eigenvalue weighted by atomic mass is 10.0. The van der Waals surface area contributed by atoms with E-state index < -0.39 is 11.7 Å². The number of aromatic nitrogens is 5. The van der Waals surface area contributed by atoms with Gasteiger partial charge < -0.3 is 10.7 Å². The molecule has 144 valence electrons. The molecule has 0 atom stereocenters. The number of nitrogens with one attached hydrogen (secondary N) is 1. The van der Waals surface area contributed by atoms with E-state index in [1.54, 1.807) is 12.3 Å². The van der Waals surface area contributed by atoms with Gasteiger partial charge in [0.05, 0.1) is 16.5 Å². The van der Waals surface area contributed by atoms with Gasteiger partial charge in [-0.2, -0.15) is 4.39 Å². The molecule has 0 saturated heterocycles. The Morgan fingerprint density at radius 3 is 2.72 bits per heavy atom. The fourth-order valence-electron chi connectivity index (χ4n) is 3.42. The van der Waals surface area contributed by atoms with Crippen LogP contribution in [-0.4, -0.2) is 30.7 Å². The smallest absolute Gasteiger partial charge is 0.224 e. The van der Waals surface area contributed by atoms with E-state index in [2.05, 4.69) is 24.9 Å². The number of aromatic amines is 1. The van der Waals surface area contributed by atoms with E-state index in [-0.39, 0.29) is 16.9 Å². The van der Waals surface area contributed by atoms with Crippen molar-refractivity contribution in [1.82, 2.24) is 24.9 Å². The molecule has 4 heterocycles. The highest BCUT2D eigenvalue weighted by atomic mass is 19.1. The number of ketones is 1. The molecule has 4 aromatic rings. The van der Waals surface area contributed by atoms with Crippen LogP contribution in [0.1, 0.15) is 51.6 Å². The molecule has 29 heavy (non-hydrogen) atoms. The second-order valence-electron chi connectivity index (χ2n) is 7.20. The zero-order chi connectivity index (χ0) is 20.0. The van der Waals surface area contributed by atoms with Crippen LogP contribution in [0.3, 0.4) is 0 Å². The molecule has 0 radical (unpaired) electrons. The normalized spacial score (nSPS) is 13.7. The number of fused-ring (bicyclic) bond motifs is 1. The zero-order valence-electron chi connectivity index (χ0n) is 15.4. The quantitative estimate of drug-likeness (QED) is 0.401. The van der Waals surface area contributed by atoms with Crippen LogP contribution in [0.25, 0.3) is 11.0 Å². The first-order chi connectivity index (χ1) is 14.1. The van der Waals surface area contributed by atoms with Gasteiger partial charge in [0, 0.05) is 36.1 Å².